The molecule has 1 aromatic carbocycles. The number of nitrogens with zero attached hydrogens (tertiary/aromatic N) is 1. The molecule has 0 saturated carbocycles. The summed E-state index contributed by atoms with van der Waals surface area (Å²) in [4.78, 5) is 35.8. The first-order valence-corrected chi connectivity index (χ1v) is 5.08. The number of amides is 2. The van der Waals surface area contributed by atoms with Gasteiger partial charge in [-0.1, -0.05) is 12.1 Å². The molecule has 1 aromatic rings. The van der Waals surface area contributed by atoms with Crippen LogP contribution in [0.4, 0.5) is 0 Å². The van der Waals surface area contributed by atoms with Gasteiger partial charge in [-0.2, -0.15) is 0 Å². The Kier molecular flexibility index (Phi) is 2.30. The Hall–Kier alpha value is -2.21. The van der Waals surface area contributed by atoms with Gasteiger partial charge in [0.25, 0.3) is 11.8 Å². The van der Waals surface area contributed by atoms with Gasteiger partial charge in [-0.05, 0) is 19.0 Å². The highest BCUT2D eigenvalue weighted by Crippen LogP contribution is 2.25. The number of carboxylic acids is 1. The number of hydrogen-bond donors (Lipinski definition) is 2. The SMILES string of the molecule is [2H]C([2H])[C@@H](O)[C@@H](C(=O)O)N1C(=O)c2ccccc2C1=O. The fourth-order valence-electron chi connectivity index (χ4n) is 1.87. The first-order chi connectivity index (χ1) is 9.36. The van der Waals surface area contributed by atoms with Gasteiger partial charge in [0.15, 0.2) is 6.04 Å². The molecule has 0 radical (unpaired) electrons. The monoisotopic (exact) mass is 251 g/mol. The maximum atomic E-state index is 12.1. The number of rotatable bonds is 3. The second-order valence-electron chi connectivity index (χ2n) is 3.80. The summed E-state index contributed by atoms with van der Waals surface area (Å²) in [5, 5.41) is 18.7. The molecule has 2 N–H and O–H groups in total. The summed E-state index contributed by atoms with van der Waals surface area (Å²) < 4.78 is 14.1. The van der Waals surface area contributed by atoms with Crippen LogP contribution < -0.4 is 0 Å². The quantitative estimate of drug-likeness (QED) is 0.744. The number of aliphatic hydroxyl groups is 1. The van der Waals surface area contributed by atoms with Crippen LogP contribution in [-0.2, 0) is 4.79 Å². The van der Waals surface area contributed by atoms with Crippen molar-refractivity contribution >= 4 is 17.8 Å². The Labute approximate surface area is 105 Å². The Morgan fingerprint density at radius 2 is 1.78 bits per heavy atom. The van der Waals surface area contributed by atoms with Gasteiger partial charge in [0.05, 0.1) is 17.2 Å². The predicted octanol–water partition coefficient (Wildman–Crippen LogP) is 0.117. The van der Waals surface area contributed by atoms with E-state index in [1.807, 2.05) is 0 Å². The van der Waals surface area contributed by atoms with Gasteiger partial charge in [-0.15, -0.1) is 0 Å². The van der Waals surface area contributed by atoms with Crippen LogP contribution in [0.15, 0.2) is 24.3 Å². The van der Waals surface area contributed by atoms with Crippen molar-refractivity contribution in [3.63, 3.8) is 0 Å². The van der Waals surface area contributed by atoms with Crippen molar-refractivity contribution in [1.29, 1.82) is 0 Å². The molecule has 0 fully saturated rings. The van der Waals surface area contributed by atoms with Crippen LogP contribution in [0, 0.1) is 0 Å². The molecular weight excluding hydrogens is 238 g/mol. The van der Waals surface area contributed by atoms with E-state index >= 15 is 0 Å². The molecular formula is C12H11NO5. The topological polar surface area (TPSA) is 94.9 Å². The second kappa shape index (κ2) is 4.23. The number of aliphatic carboxylic acids is 1. The number of carbonyl (C=O) groups is 3. The van der Waals surface area contributed by atoms with Crippen molar-refractivity contribution in [2.24, 2.45) is 0 Å². The molecule has 0 unspecified atom stereocenters. The van der Waals surface area contributed by atoms with E-state index in [2.05, 4.69) is 0 Å². The summed E-state index contributed by atoms with van der Waals surface area (Å²) >= 11 is 0. The van der Waals surface area contributed by atoms with Crippen molar-refractivity contribution < 1.29 is 27.3 Å². The minimum Gasteiger partial charge on any atom is -0.480 e. The Morgan fingerprint density at radius 3 is 2.17 bits per heavy atom. The first-order valence-electron chi connectivity index (χ1n) is 6.24. The van der Waals surface area contributed by atoms with Gasteiger partial charge in [0.1, 0.15) is 0 Å². The summed E-state index contributed by atoms with van der Waals surface area (Å²) in [6, 6.07) is 3.84. The van der Waals surface area contributed by atoms with Crippen LogP contribution >= 0.6 is 0 Å². The first kappa shape index (κ1) is 9.78. The molecule has 2 amide bonds. The summed E-state index contributed by atoms with van der Waals surface area (Å²) in [6.07, 6.45) is -1.99. The lowest BCUT2D eigenvalue weighted by atomic mass is 10.1. The molecule has 18 heavy (non-hydrogen) atoms. The third-order valence-corrected chi connectivity index (χ3v) is 2.68. The molecule has 0 saturated heterocycles. The zero-order valence-electron chi connectivity index (χ0n) is 11.1. The highest BCUT2D eigenvalue weighted by molar-refractivity contribution is 6.22. The Balaban J connectivity index is 2.45. The normalized spacial score (nSPS) is 19.3. The molecule has 1 heterocycles. The highest BCUT2D eigenvalue weighted by Gasteiger charge is 2.44. The maximum absolute atomic E-state index is 12.1. The number of carbonyl (C=O) groups excluding carboxylic acids is 2. The van der Waals surface area contributed by atoms with Crippen molar-refractivity contribution in [3.8, 4) is 0 Å². The summed E-state index contributed by atoms with van der Waals surface area (Å²) in [6.45, 7) is -1.90. The lowest BCUT2D eigenvalue weighted by Gasteiger charge is -2.24. The molecule has 6 heteroatoms. The van der Waals surface area contributed by atoms with Gasteiger partial charge in [0.2, 0.25) is 0 Å². The fraction of sp³-hybridized carbons (Fsp3) is 0.250. The lowest BCUT2D eigenvalue weighted by molar-refractivity contribution is -0.145. The van der Waals surface area contributed by atoms with E-state index in [1.54, 1.807) is 0 Å². The molecule has 0 aromatic heterocycles. The average molecular weight is 251 g/mol. The standard InChI is InChI=1S/C12H11NO5/c1-6(14)9(12(17)18)13-10(15)7-4-2-3-5-8(7)11(13)16/h2-6,9,14H,1H3,(H,17,18)/t6-,9+/m1/s1/i1D2. The number of fused-ring (bicyclic) bond motifs is 1. The van der Waals surface area contributed by atoms with Crippen molar-refractivity contribution in [1.82, 2.24) is 4.90 Å². The van der Waals surface area contributed by atoms with E-state index in [-0.39, 0.29) is 11.1 Å². The van der Waals surface area contributed by atoms with Crippen LogP contribution in [0.25, 0.3) is 0 Å². The Bertz CT molecular complexity index is 554. The van der Waals surface area contributed by atoms with Crippen molar-refractivity contribution in [3.05, 3.63) is 35.4 Å². The summed E-state index contributed by atoms with van der Waals surface area (Å²) in [5.74, 6) is -3.34. The van der Waals surface area contributed by atoms with Gasteiger partial charge in [-0.3, -0.25) is 14.5 Å². The van der Waals surface area contributed by atoms with Gasteiger partial charge < -0.3 is 10.2 Å². The molecule has 94 valence electrons. The smallest absolute Gasteiger partial charge is 0.329 e. The second-order valence-corrected chi connectivity index (χ2v) is 3.80. The number of aliphatic hydroxyl groups excluding tert-OH is 1. The number of hydrogen-bond acceptors (Lipinski definition) is 4. The third kappa shape index (κ3) is 1.67. The van der Waals surface area contributed by atoms with Crippen LogP contribution in [0.2, 0.25) is 0 Å². The number of imide groups is 1. The zero-order chi connectivity index (χ0) is 15.0. The van der Waals surface area contributed by atoms with Crippen LogP contribution in [0.5, 0.6) is 0 Å². The molecule has 0 aliphatic carbocycles. The number of benzene rings is 1. The average Bonchev–Trinajstić information content (AvgIpc) is 2.64. The Morgan fingerprint density at radius 1 is 1.28 bits per heavy atom. The van der Waals surface area contributed by atoms with E-state index in [1.165, 1.54) is 24.3 Å². The minimum atomic E-state index is -1.99. The van der Waals surface area contributed by atoms with E-state index in [4.69, 9.17) is 7.85 Å². The summed E-state index contributed by atoms with van der Waals surface area (Å²) in [7, 11) is 0. The lowest BCUT2D eigenvalue weighted by Crippen LogP contribution is -2.50. The molecule has 6 nitrogen and oxygen atoms in total. The van der Waals surface area contributed by atoms with E-state index < -0.39 is 36.8 Å². The van der Waals surface area contributed by atoms with E-state index in [0.717, 1.165) is 0 Å². The van der Waals surface area contributed by atoms with Crippen molar-refractivity contribution in [2.75, 3.05) is 0 Å². The molecule has 1 aliphatic heterocycles. The van der Waals surface area contributed by atoms with Crippen LogP contribution in [-0.4, -0.2) is 45.0 Å². The van der Waals surface area contributed by atoms with Gasteiger partial charge in [0, 0.05) is 2.74 Å². The van der Waals surface area contributed by atoms with Gasteiger partial charge in [-0.25, -0.2) is 4.79 Å². The molecule has 2 atom stereocenters. The zero-order valence-corrected chi connectivity index (χ0v) is 9.11. The van der Waals surface area contributed by atoms with Crippen LogP contribution in [0.1, 0.15) is 30.3 Å². The third-order valence-electron chi connectivity index (χ3n) is 2.68. The predicted molar refractivity (Wildman–Crippen MR) is 60.0 cm³/mol. The fourth-order valence-corrected chi connectivity index (χ4v) is 1.87. The highest BCUT2D eigenvalue weighted by atomic mass is 16.4. The summed E-state index contributed by atoms with van der Waals surface area (Å²) in [5.41, 5.74) is 0.0879. The molecule has 0 bridgehead atoms. The molecule has 0 spiro atoms. The van der Waals surface area contributed by atoms with Crippen LogP contribution in [0.3, 0.4) is 0 Å². The number of carboxylic acid groups (broad SMARTS) is 1. The maximum Gasteiger partial charge on any atom is 0.329 e. The van der Waals surface area contributed by atoms with E-state index in [0.29, 0.717) is 4.90 Å². The molecule has 1 aliphatic rings. The van der Waals surface area contributed by atoms with E-state index in [9.17, 15) is 19.5 Å². The minimum absolute atomic E-state index is 0.0439. The molecule has 2 rings (SSSR count). The van der Waals surface area contributed by atoms with Crippen molar-refractivity contribution in [2.45, 2.75) is 19.0 Å². The van der Waals surface area contributed by atoms with Gasteiger partial charge >= 0.3 is 5.97 Å². The largest absolute Gasteiger partial charge is 0.480 e.